The number of rotatable bonds is 5. The van der Waals surface area contributed by atoms with E-state index in [1.807, 2.05) is 24.3 Å². The predicted octanol–water partition coefficient (Wildman–Crippen LogP) is 2.30. The topological polar surface area (TPSA) is 110 Å². The largest absolute Gasteiger partial charge is 0.480 e. The van der Waals surface area contributed by atoms with Crippen LogP contribution in [0.5, 0.6) is 0 Å². The molecule has 27 heavy (non-hydrogen) atoms. The molecule has 1 N–H and O–H groups in total. The van der Waals surface area contributed by atoms with E-state index in [-0.39, 0.29) is 25.3 Å². The van der Waals surface area contributed by atoms with Gasteiger partial charge in [-0.25, -0.2) is 4.79 Å². The summed E-state index contributed by atoms with van der Waals surface area (Å²) in [6.45, 7) is 0.288. The van der Waals surface area contributed by atoms with Crippen molar-refractivity contribution in [2.24, 2.45) is 0 Å². The van der Waals surface area contributed by atoms with Crippen LogP contribution in [-0.2, 0) is 29.0 Å². The minimum absolute atomic E-state index is 0.0962. The average Bonchev–Trinajstić information content (AvgIpc) is 3.36. The summed E-state index contributed by atoms with van der Waals surface area (Å²) in [6, 6.07) is 8.44. The third-order valence-corrected chi connectivity index (χ3v) is 4.65. The highest BCUT2D eigenvalue weighted by molar-refractivity contribution is 5.84. The summed E-state index contributed by atoms with van der Waals surface area (Å²) in [6.07, 6.45) is 3.66. The lowest BCUT2D eigenvalue weighted by Gasteiger charge is -2.34. The Morgan fingerprint density at radius 1 is 1.22 bits per heavy atom. The number of carboxylic acid groups (broad SMARTS) is 1. The van der Waals surface area contributed by atoms with Gasteiger partial charge in [0.25, 0.3) is 0 Å². The van der Waals surface area contributed by atoms with E-state index in [0.29, 0.717) is 23.7 Å². The van der Waals surface area contributed by atoms with E-state index in [1.54, 1.807) is 6.07 Å². The van der Waals surface area contributed by atoms with Gasteiger partial charge in [-0.1, -0.05) is 29.4 Å². The SMILES string of the molecule is O=C(O)[C@H]1Cc2ccccc2CN1C(=O)CCc1nc(-c2ccoc2)no1. The molecule has 0 spiro atoms. The van der Waals surface area contributed by atoms with Crippen LogP contribution in [0.2, 0.25) is 0 Å². The van der Waals surface area contributed by atoms with Crippen molar-refractivity contribution in [1.29, 1.82) is 0 Å². The Morgan fingerprint density at radius 2 is 2.04 bits per heavy atom. The van der Waals surface area contributed by atoms with Crippen LogP contribution in [0.3, 0.4) is 0 Å². The van der Waals surface area contributed by atoms with Gasteiger partial charge in [-0.3, -0.25) is 4.79 Å². The number of hydrogen-bond acceptors (Lipinski definition) is 6. The molecule has 138 valence electrons. The van der Waals surface area contributed by atoms with Crippen molar-refractivity contribution in [2.75, 3.05) is 0 Å². The highest BCUT2D eigenvalue weighted by Crippen LogP contribution is 2.24. The number of amides is 1. The second-order valence-corrected chi connectivity index (χ2v) is 6.37. The van der Waals surface area contributed by atoms with Gasteiger partial charge < -0.3 is 18.9 Å². The van der Waals surface area contributed by atoms with E-state index >= 15 is 0 Å². The summed E-state index contributed by atoms with van der Waals surface area (Å²) >= 11 is 0. The first-order valence-electron chi connectivity index (χ1n) is 8.56. The number of aliphatic carboxylic acids is 1. The van der Waals surface area contributed by atoms with Crippen molar-refractivity contribution in [3.63, 3.8) is 0 Å². The second kappa shape index (κ2) is 7.06. The van der Waals surface area contributed by atoms with Crippen LogP contribution < -0.4 is 0 Å². The monoisotopic (exact) mass is 367 g/mol. The Bertz CT molecular complexity index is 963. The molecule has 4 rings (SSSR count). The molecule has 0 unspecified atom stereocenters. The van der Waals surface area contributed by atoms with E-state index < -0.39 is 12.0 Å². The van der Waals surface area contributed by atoms with Crippen LogP contribution in [0.25, 0.3) is 11.4 Å². The smallest absolute Gasteiger partial charge is 0.326 e. The van der Waals surface area contributed by atoms with Crippen molar-refractivity contribution in [1.82, 2.24) is 15.0 Å². The molecule has 1 aliphatic heterocycles. The Balaban J connectivity index is 1.45. The molecule has 8 nitrogen and oxygen atoms in total. The number of aromatic nitrogens is 2. The molecule has 8 heteroatoms. The van der Waals surface area contributed by atoms with Gasteiger partial charge >= 0.3 is 5.97 Å². The van der Waals surface area contributed by atoms with Gasteiger partial charge in [-0.2, -0.15) is 4.98 Å². The molecule has 0 saturated carbocycles. The molecule has 2 aromatic heterocycles. The average molecular weight is 367 g/mol. The van der Waals surface area contributed by atoms with Crippen molar-refractivity contribution in [3.05, 3.63) is 59.9 Å². The molecule has 0 aliphatic carbocycles. The molecule has 3 heterocycles. The van der Waals surface area contributed by atoms with Gasteiger partial charge in [0, 0.05) is 25.8 Å². The highest BCUT2D eigenvalue weighted by Gasteiger charge is 2.34. The number of carbonyl (C=O) groups excluding carboxylic acids is 1. The number of fused-ring (bicyclic) bond motifs is 1. The molecular weight excluding hydrogens is 350 g/mol. The predicted molar refractivity (Wildman–Crippen MR) is 92.4 cm³/mol. The summed E-state index contributed by atoms with van der Waals surface area (Å²) in [5.41, 5.74) is 2.63. The molecule has 1 aliphatic rings. The molecule has 0 bridgehead atoms. The van der Waals surface area contributed by atoms with Crippen molar-refractivity contribution in [3.8, 4) is 11.4 Å². The van der Waals surface area contributed by atoms with Crippen LogP contribution in [0.1, 0.15) is 23.4 Å². The van der Waals surface area contributed by atoms with E-state index in [4.69, 9.17) is 8.94 Å². The summed E-state index contributed by atoms with van der Waals surface area (Å²) in [5, 5.41) is 13.4. The first-order chi connectivity index (χ1) is 13.1. The number of carboxylic acids is 1. The fraction of sp³-hybridized carbons (Fsp3) is 0.263. The van der Waals surface area contributed by atoms with Crippen LogP contribution in [0, 0.1) is 0 Å². The Labute approximate surface area is 154 Å². The van der Waals surface area contributed by atoms with E-state index in [1.165, 1.54) is 17.4 Å². The summed E-state index contributed by atoms with van der Waals surface area (Å²) in [5.74, 6) is -0.539. The Kier molecular flexibility index (Phi) is 4.45. The fourth-order valence-corrected chi connectivity index (χ4v) is 3.23. The van der Waals surface area contributed by atoms with Gasteiger partial charge in [0.2, 0.25) is 17.6 Å². The third kappa shape index (κ3) is 3.46. The van der Waals surface area contributed by atoms with Crippen molar-refractivity contribution in [2.45, 2.75) is 31.8 Å². The maximum atomic E-state index is 12.7. The number of benzene rings is 1. The summed E-state index contributed by atoms with van der Waals surface area (Å²) < 4.78 is 10.1. The minimum atomic E-state index is -1.00. The number of aryl methyl sites for hydroxylation is 1. The van der Waals surface area contributed by atoms with Crippen LogP contribution in [-0.4, -0.2) is 38.1 Å². The summed E-state index contributed by atoms with van der Waals surface area (Å²) in [7, 11) is 0. The van der Waals surface area contributed by atoms with Gasteiger partial charge in [0.05, 0.1) is 11.8 Å². The first-order valence-corrected chi connectivity index (χ1v) is 8.56. The first kappa shape index (κ1) is 17.0. The summed E-state index contributed by atoms with van der Waals surface area (Å²) in [4.78, 5) is 30.0. The fourth-order valence-electron chi connectivity index (χ4n) is 3.23. The van der Waals surface area contributed by atoms with Gasteiger partial charge in [-0.05, 0) is 17.2 Å². The van der Waals surface area contributed by atoms with Crippen molar-refractivity contribution < 1.29 is 23.6 Å². The maximum Gasteiger partial charge on any atom is 0.326 e. The quantitative estimate of drug-likeness (QED) is 0.737. The lowest BCUT2D eigenvalue weighted by atomic mass is 9.93. The number of nitrogens with zero attached hydrogens (tertiary/aromatic N) is 3. The van der Waals surface area contributed by atoms with E-state index in [0.717, 1.165) is 11.1 Å². The minimum Gasteiger partial charge on any atom is -0.480 e. The zero-order valence-electron chi connectivity index (χ0n) is 14.4. The molecule has 3 aromatic rings. The number of hydrogen-bond donors (Lipinski definition) is 1. The normalized spacial score (nSPS) is 16.1. The highest BCUT2D eigenvalue weighted by atomic mass is 16.5. The van der Waals surface area contributed by atoms with Crippen molar-refractivity contribution >= 4 is 11.9 Å². The zero-order chi connectivity index (χ0) is 18.8. The van der Waals surface area contributed by atoms with Gasteiger partial charge in [0.15, 0.2) is 0 Å². The van der Waals surface area contributed by atoms with E-state index in [9.17, 15) is 14.7 Å². The molecule has 1 atom stereocenters. The molecule has 0 fully saturated rings. The third-order valence-electron chi connectivity index (χ3n) is 4.65. The molecular formula is C19H17N3O5. The van der Waals surface area contributed by atoms with E-state index in [2.05, 4.69) is 10.1 Å². The lowest BCUT2D eigenvalue weighted by molar-refractivity contribution is -0.151. The number of carbonyl (C=O) groups is 2. The molecule has 0 radical (unpaired) electrons. The Morgan fingerprint density at radius 3 is 2.78 bits per heavy atom. The zero-order valence-corrected chi connectivity index (χ0v) is 14.4. The maximum absolute atomic E-state index is 12.7. The molecule has 1 amide bonds. The molecule has 1 aromatic carbocycles. The van der Waals surface area contributed by atoms with Crippen LogP contribution in [0.15, 0.2) is 51.8 Å². The van der Waals surface area contributed by atoms with Crippen LogP contribution in [0.4, 0.5) is 0 Å². The molecule has 0 saturated heterocycles. The number of furan rings is 1. The van der Waals surface area contributed by atoms with Gasteiger partial charge in [0.1, 0.15) is 12.3 Å². The lowest BCUT2D eigenvalue weighted by Crippen LogP contribution is -2.48. The Hall–Kier alpha value is -3.42. The van der Waals surface area contributed by atoms with Crippen LogP contribution >= 0.6 is 0 Å². The van der Waals surface area contributed by atoms with Gasteiger partial charge in [-0.15, -0.1) is 0 Å². The standard InChI is InChI=1S/C19H17N3O5/c23-17(6-5-16-20-18(21-27-16)14-7-8-26-11-14)22-10-13-4-2-1-3-12(13)9-15(22)19(24)25/h1-4,7-8,11,15H,5-6,9-10H2,(H,24,25)/t15-/m1/s1. The second-order valence-electron chi connectivity index (χ2n) is 6.37.